The SMILES string of the molecule is O=C(C[C@@H]1CCCC[C@H]1O)NCCN1C(=O)Cc2ccccc21. The van der Waals surface area contributed by atoms with Crippen LogP contribution in [0, 0.1) is 5.92 Å². The minimum absolute atomic E-state index is 0.0316. The second-order valence-electron chi connectivity index (χ2n) is 6.52. The summed E-state index contributed by atoms with van der Waals surface area (Å²) < 4.78 is 0. The van der Waals surface area contributed by atoms with Gasteiger partial charge in [0.25, 0.3) is 0 Å². The van der Waals surface area contributed by atoms with Crippen molar-refractivity contribution in [1.82, 2.24) is 5.32 Å². The lowest BCUT2D eigenvalue weighted by molar-refractivity contribution is -0.123. The molecule has 23 heavy (non-hydrogen) atoms. The van der Waals surface area contributed by atoms with Crippen LogP contribution in [0.15, 0.2) is 24.3 Å². The third-order valence-corrected chi connectivity index (χ3v) is 4.90. The average Bonchev–Trinajstić information content (AvgIpc) is 2.86. The van der Waals surface area contributed by atoms with E-state index >= 15 is 0 Å². The number of rotatable bonds is 5. The van der Waals surface area contributed by atoms with Gasteiger partial charge in [0.15, 0.2) is 0 Å². The summed E-state index contributed by atoms with van der Waals surface area (Å²) in [5.74, 6) is 0.136. The zero-order valence-electron chi connectivity index (χ0n) is 13.3. The molecule has 0 radical (unpaired) electrons. The highest BCUT2D eigenvalue weighted by molar-refractivity contribution is 6.01. The van der Waals surface area contributed by atoms with Crippen LogP contribution in [0.1, 0.15) is 37.7 Å². The molecule has 1 aromatic rings. The smallest absolute Gasteiger partial charge is 0.231 e. The first-order valence-corrected chi connectivity index (χ1v) is 8.48. The van der Waals surface area contributed by atoms with Crippen molar-refractivity contribution in [2.45, 2.75) is 44.6 Å². The summed E-state index contributed by atoms with van der Waals surface area (Å²) in [6, 6.07) is 7.77. The van der Waals surface area contributed by atoms with Crippen LogP contribution in [0.5, 0.6) is 0 Å². The highest BCUT2D eigenvalue weighted by Crippen LogP contribution is 2.28. The van der Waals surface area contributed by atoms with Crippen LogP contribution in [0.2, 0.25) is 0 Å². The first-order chi connectivity index (χ1) is 11.1. The summed E-state index contributed by atoms with van der Waals surface area (Å²) in [5, 5.41) is 12.8. The van der Waals surface area contributed by atoms with Crippen molar-refractivity contribution < 1.29 is 14.7 Å². The van der Waals surface area contributed by atoms with Crippen LogP contribution >= 0.6 is 0 Å². The van der Waals surface area contributed by atoms with Crippen LogP contribution in [0.4, 0.5) is 5.69 Å². The molecule has 0 aromatic heterocycles. The zero-order chi connectivity index (χ0) is 16.2. The Labute approximate surface area is 136 Å². The molecule has 124 valence electrons. The number of hydrogen-bond donors (Lipinski definition) is 2. The fourth-order valence-electron chi connectivity index (χ4n) is 3.61. The molecular weight excluding hydrogens is 292 g/mol. The monoisotopic (exact) mass is 316 g/mol. The molecule has 2 N–H and O–H groups in total. The fourth-order valence-corrected chi connectivity index (χ4v) is 3.61. The fraction of sp³-hybridized carbons (Fsp3) is 0.556. The van der Waals surface area contributed by atoms with Crippen LogP contribution < -0.4 is 10.2 Å². The molecule has 1 heterocycles. The third kappa shape index (κ3) is 3.72. The largest absolute Gasteiger partial charge is 0.393 e. The summed E-state index contributed by atoms with van der Waals surface area (Å²) in [4.78, 5) is 25.8. The van der Waals surface area contributed by atoms with E-state index in [9.17, 15) is 14.7 Å². The van der Waals surface area contributed by atoms with Gasteiger partial charge in [0, 0.05) is 25.2 Å². The van der Waals surface area contributed by atoms with Gasteiger partial charge in [-0.2, -0.15) is 0 Å². The molecule has 1 aromatic carbocycles. The topological polar surface area (TPSA) is 69.6 Å². The van der Waals surface area contributed by atoms with Crippen LogP contribution in [0.25, 0.3) is 0 Å². The lowest BCUT2D eigenvalue weighted by atomic mass is 9.84. The third-order valence-electron chi connectivity index (χ3n) is 4.90. The molecule has 0 saturated heterocycles. The van der Waals surface area contributed by atoms with Gasteiger partial charge >= 0.3 is 0 Å². The Hall–Kier alpha value is -1.88. The second-order valence-corrected chi connectivity index (χ2v) is 6.52. The van der Waals surface area contributed by atoms with E-state index in [1.54, 1.807) is 4.90 Å². The van der Waals surface area contributed by atoms with Gasteiger partial charge in [-0.25, -0.2) is 0 Å². The van der Waals surface area contributed by atoms with Crippen molar-refractivity contribution in [3.8, 4) is 0 Å². The molecule has 0 bridgehead atoms. The van der Waals surface area contributed by atoms with Crippen molar-refractivity contribution in [3.63, 3.8) is 0 Å². The van der Waals surface area contributed by atoms with E-state index in [2.05, 4.69) is 5.32 Å². The molecule has 5 nitrogen and oxygen atoms in total. The Morgan fingerprint density at radius 2 is 2.04 bits per heavy atom. The highest BCUT2D eigenvalue weighted by Gasteiger charge is 2.27. The van der Waals surface area contributed by atoms with Crippen molar-refractivity contribution >= 4 is 17.5 Å². The maximum absolute atomic E-state index is 12.0. The molecule has 0 unspecified atom stereocenters. The molecule has 2 atom stereocenters. The summed E-state index contributed by atoms with van der Waals surface area (Å²) in [6.07, 6.45) is 4.35. The number of hydrogen-bond acceptors (Lipinski definition) is 3. The van der Waals surface area contributed by atoms with E-state index < -0.39 is 0 Å². The Kier molecular flexibility index (Phi) is 4.96. The van der Waals surface area contributed by atoms with Gasteiger partial charge in [-0.1, -0.05) is 31.0 Å². The number of para-hydroxylation sites is 1. The molecule has 3 rings (SSSR count). The Balaban J connectivity index is 1.46. The summed E-state index contributed by atoms with van der Waals surface area (Å²) in [5.41, 5.74) is 2.00. The van der Waals surface area contributed by atoms with Gasteiger partial charge in [-0.05, 0) is 30.4 Å². The van der Waals surface area contributed by atoms with Gasteiger partial charge in [-0.15, -0.1) is 0 Å². The minimum Gasteiger partial charge on any atom is -0.393 e. The number of nitrogens with zero attached hydrogens (tertiary/aromatic N) is 1. The molecular formula is C18H24N2O3. The Morgan fingerprint density at radius 3 is 2.87 bits per heavy atom. The van der Waals surface area contributed by atoms with E-state index in [0.29, 0.717) is 25.9 Å². The van der Waals surface area contributed by atoms with E-state index in [1.807, 2.05) is 24.3 Å². The van der Waals surface area contributed by atoms with Crippen molar-refractivity contribution in [2.24, 2.45) is 5.92 Å². The predicted octanol–water partition coefficient (Wildman–Crippen LogP) is 1.63. The molecule has 1 aliphatic carbocycles. The van der Waals surface area contributed by atoms with E-state index in [0.717, 1.165) is 36.9 Å². The summed E-state index contributed by atoms with van der Waals surface area (Å²) in [6.45, 7) is 0.941. The first kappa shape index (κ1) is 16.0. The lowest BCUT2D eigenvalue weighted by Gasteiger charge is -2.27. The van der Waals surface area contributed by atoms with E-state index in [4.69, 9.17) is 0 Å². The summed E-state index contributed by atoms with van der Waals surface area (Å²) >= 11 is 0. The van der Waals surface area contributed by atoms with Crippen LogP contribution in [0.3, 0.4) is 0 Å². The van der Waals surface area contributed by atoms with Crippen LogP contribution in [-0.4, -0.2) is 36.1 Å². The molecule has 0 spiro atoms. The van der Waals surface area contributed by atoms with Gasteiger partial charge in [-0.3, -0.25) is 9.59 Å². The standard InChI is InChI=1S/C18H24N2O3/c21-16-8-4-2-6-14(16)11-17(22)19-9-10-20-15-7-3-1-5-13(15)12-18(20)23/h1,3,5,7,14,16,21H,2,4,6,8-12H2,(H,19,22)/t14-,16+/m0/s1. The average molecular weight is 316 g/mol. The van der Waals surface area contributed by atoms with Crippen molar-refractivity contribution in [3.05, 3.63) is 29.8 Å². The van der Waals surface area contributed by atoms with E-state index in [-0.39, 0.29) is 23.8 Å². The number of benzene rings is 1. The number of anilines is 1. The number of aliphatic hydroxyl groups excluding tert-OH is 1. The first-order valence-electron chi connectivity index (χ1n) is 8.48. The second kappa shape index (κ2) is 7.13. The molecule has 2 amide bonds. The van der Waals surface area contributed by atoms with Gasteiger partial charge in [0.05, 0.1) is 12.5 Å². The number of carbonyl (C=O) groups excluding carboxylic acids is 2. The number of nitrogens with one attached hydrogen (secondary N) is 1. The van der Waals surface area contributed by atoms with Crippen molar-refractivity contribution in [2.75, 3.05) is 18.0 Å². The molecule has 2 aliphatic rings. The molecule has 5 heteroatoms. The minimum atomic E-state index is -0.346. The number of aliphatic hydroxyl groups is 1. The Morgan fingerprint density at radius 1 is 1.26 bits per heavy atom. The Bertz CT molecular complexity index is 587. The summed E-state index contributed by atoms with van der Waals surface area (Å²) in [7, 11) is 0. The highest BCUT2D eigenvalue weighted by atomic mass is 16.3. The van der Waals surface area contributed by atoms with E-state index in [1.165, 1.54) is 0 Å². The molecule has 1 fully saturated rings. The van der Waals surface area contributed by atoms with Gasteiger partial charge < -0.3 is 15.3 Å². The lowest BCUT2D eigenvalue weighted by Crippen LogP contribution is -2.38. The zero-order valence-corrected chi connectivity index (χ0v) is 13.3. The van der Waals surface area contributed by atoms with Gasteiger partial charge in [0.2, 0.25) is 11.8 Å². The maximum atomic E-state index is 12.0. The number of amides is 2. The molecule has 1 aliphatic heterocycles. The number of carbonyl (C=O) groups is 2. The maximum Gasteiger partial charge on any atom is 0.231 e. The van der Waals surface area contributed by atoms with Crippen LogP contribution in [-0.2, 0) is 16.0 Å². The van der Waals surface area contributed by atoms with Gasteiger partial charge in [0.1, 0.15) is 0 Å². The van der Waals surface area contributed by atoms with Crippen molar-refractivity contribution in [1.29, 1.82) is 0 Å². The quantitative estimate of drug-likeness (QED) is 0.867. The molecule has 1 saturated carbocycles. The predicted molar refractivity (Wildman–Crippen MR) is 88.1 cm³/mol. The normalized spacial score (nSPS) is 23.7. The number of fused-ring (bicyclic) bond motifs is 1.